The number of amides is 1. The molecule has 0 aliphatic rings. The molecule has 1 unspecified atom stereocenters. The minimum atomic E-state index is -0.327. The van der Waals surface area contributed by atoms with Gasteiger partial charge >= 0.3 is 0 Å². The minimum Gasteiger partial charge on any atom is -0.497 e. The van der Waals surface area contributed by atoms with Gasteiger partial charge in [-0.3, -0.25) is 4.79 Å². The van der Waals surface area contributed by atoms with Crippen LogP contribution in [0.4, 0.5) is 0 Å². The Bertz CT molecular complexity index is 668. The van der Waals surface area contributed by atoms with E-state index in [4.69, 9.17) is 18.7 Å². The predicted molar refractivity (Wildman–Crippen MR) is 83.8 cm³/mol. The Morgan fingerprint density at radius 3 is 2.70 bits per heavy atom. The van der Waals surface area contributed by atoms with E-state index in [1.54, 1.807) is 45.6 Å². The van der Waals surface area contributed by atoms with Crippen LogP contribution < -0.4 is 14.8 Å². The van der Waals surface area contributed by atoms with Gasteiger partial charge in [0, 0.05) is 19.2 Å². The first-order chi connectivity index (χ1) is 11.1. The molecule has 0 spiro atoms. The maximum Gasteiger partial charge on any atom is 0.273 e. The molecular formula is C16H20N2O5. The van der Waals surface area contributed by atoms with Gasteiger partial charge in [0.25, 0.3) is 5.91 Å². The van der Waals surface area contributed by atoms with Gasteiger partial charge in [-0.1, -0.05) is 5.16 Å². The molecule has 23 heavy (non-hydrogen) atoms. The molecule has 0 saturated heterocycles. The predicted octanol–water partition coefficient (Wildman–Crippen LogP) is 2.12. The number of nitrogens with zero attached hydrogens (tertiary/aromatic N) is 1. The highest BCUT2D eigenvalue weighted by Gasteiger charge is 2.18. The van der Waals surface area contributed by atoms with Crippen LogP contribution in [0.1, 0.15) is 17.4 Å². The van der Waals surface area contributed by atoms with Crippen LogP contribution in [0.15, 0.2) is 28.8 Å². The average Bonchev–Trinajstić information content (AvgIpc) is 3.04. The second-order valence-electron chi connectivity index (χ2n) is 4.97. The van der Waals surface area contributed by atoms with Crippen molar-refractivity contribution in [1.82, 2.24) is 10.5 Å². The number of hydrogen-bond donors (Lipinski definition) is 1. The molecule has 1 aromatic heterocycles. The summed E-state index contributed by atoms with van der Waals surface area (Å²) in [6, 6.07) is 6.73. The van der Waals surface area contributed by atoms with Crippen LogP contribution >= 0.6 is 0 Å². The summed E-state index contributed by atoms with van der Waals surface area (Å²) in [5.41, 5.74) is 0.844. The number of carbonyl (C=O) groups is 1. The van der Waals surface area contributed by atoms with E-state index < -0.39 is 0 Å². The Morgan fingerprint density at radius 2 is 2.04 bits per heavy atom. The largest absolute Gasteiger partial charge is 0.497 e. The van der Waals surface area contributed by atoms with Gasteiger partial charge in [0.1, 0.15) is 11.5 Å². The molecule has 124 valence electrons. The van der Waals surface area contributed by atoms with Crippen LogP contribution in [0.2, 0.25) is 0 Å². The first-order valence-corrected chi connectivity index (χ1v) is 7.08. The fourth-order valence-electron chi connectivity index (χ4n) is 2.11. The summed E-state index contributed by atoms with van der Waals surface area (Å²) < 4.78 is 20.8. The lowest BCUT2D eigenvalue weighted by molar-refractivity contribution is 0.0896. The van der Waals surface area contributed by atoms with Crippen LogP contribution in [0, 0.1) is 0 Å². The first kappa shape index (κ1) is 16.8. The lowest BCUT2D eigenvalue weighted by Gasteiger charge is -2.10. The molecule has 0 aliphatic carbocycles. The molecule has 1 N–H and O–H groups in total. The fraction of sp³-hybridized carbons (Fsp3) is 0.375. The van der Waals surface area contributed by atoms with Crippen molar-refractivity contribution in [2.24, 2.45) is 0 Å². The van der Waals surface area contributed by atoms with Crippen LogP contribution in [-0.4, -0.2) is 45.0 Å². The number of nitrogens with one attached hydrogen (secondary N) is 1. The quantitative estimate of drug-likeness (QED) is 0.841. The summed E-state index contributed by atoms with van der Waals surface area (Å²) in [5, 5.41) is 6.58. The molecule has 1 aromatic carbocycles. The lowest BCUT2D eigenvalue weighted by atomic mass is 10.1. The van der Waals surface area contributed by atoms with E-state index in [1.165, 1.54) is 0 Å². The zero-order valence-electron chi connectivity index (χ0n) is 13.6. The third-order valence-corrected chi connectivity index (χ3v) is 3.21. The van der Waals surface area contributed by atoms with E-state index in [1.807, 2.05) is 6.92 Å². The third-order valence-electron chi connectivity index (χ3n) is 3.21. The second kappa shape index (κ2) is 7.64. The molecular weight excluding hydrogens is 300 g/mol. The smallest absolute Gasteiger partial charge is 0.273 e. The monoisotopic (exact) mass is 320 g/mol. The molecule has 0 fully saturated rings. The van der Waals surface area contributed by atoms with Crippen molar-refractivity contribution in [2.45, 2.75) is 13.0 Å². The molecule has 0 saturated carbocycles. The number of methoxy groups -OCH3 is 3. The standard InChI is InChI=1S/C16H20N2O5/c1-10(9-20-2)17-16(19)13-8-15(23-18-13)12-7-11(21-3)5-6-14(12)22-4/h5-8,10H,9H2,1-4H3,(H,17,19). The minimum absolute atomic E-state index is 0.126. The summed E-state index contributed by atoms with van der Waals surface area (Å²) in [5.74, 6) is 1.34. The number of ether oxygens (including phenoxy) is 3. The van der Waals surface area contributed by atoms with E-state index in [9.17, 15) is 4.79 Å². The van der Waals surface area contributed by atoms with Crippen molar-refractivity contribution in [1.29, 1.82) is 0 Å². The molecule has 0 aliphatic heterocycles. The highest BCUT2D eigenvalue weighted by Crippen LogP contribution is 2.33. The van der Waals surface area contributed by atoms with Crippen LogP contribution in [0.3, 0.4) is 0 Å². The van der Waals surface area contributed by atoms with Gasteiger partial charge in [0.05, 0.1) is 26.4 Å². The van der Waals surface area contributed by atoms with Gasteiger partial charge in [0.15, 0.2) is 11.5 Å². The summed E-state index contributed by atoms with van der Waals surface area (Å²) in [4.78, 5) is 12.1. The summed E-state index contributed by atoms with van der Waals surface area (Å²) in [6.07, 6.45) is 0. The van der Waals surface area contributed by atoms with Gasteiger partial charge in [-0.25, -0.2) is 0 Å². The van der Waals surface area contributed by atoms with E-state index in [-0.39, 0.29) is 17.6 Å². The van der Waals surface area contributed by atoms with Gasteiger partial charge < -0.3 is 24.1 Å². The normalized spacial score (nSPS) is 11.8. The van der Waals surface area contributed by atoms with Crippen molar-refractivity contribution >= 4 is 5.91 Å². The Kier molecular flexibility index (Phi) is 5.59. The summed E-state index contributed by atoms with van der Waals surface area (Å²) >= 11 is 0. The molecule has 2 aromatic rings. The molecule has 1 heterocycles. The van der Waals surface area contributed by atoms with E-state index in [0.717, 1.165) is 0 Å². The number of benzene rings is 1. The van der Waals surface area contributed by atoms with Crippen molar-refractivity contribution < 1.29 is 23.5 Å². The number of aromatic nitrogens is 1. The topological polar surface area (TPSA) is 82.8 Å². The van der Waals surface area contributed by atoms with Crippen LogP contribution in [0.25, 0.3) is 11.3 Å². The molecule has 1 amide bonds. The SMILES string of the molecule is COCC(C)NC(=O)c1cc(-c2cc(OC)ccc2OC)on1. The molecule has 2 rings (SSSR count). The molecule has 0 radical (unpaired) electrons. The van der Waals surface area contributed by atoms with Crippen molar-refractivity contribution in [3.63, 3.8) is 0 Å². The Hall–Kier alpha value is -2.54. The second-order valence-corrected chi connectivity index (χ2v) is 4.97. The number of carbonyl (C=O) groups excluding carboxylic acids is 1. The zero-order chi connectivity index (χ0) is 16.8. The summed E-state index contributed by atoms with van der Waals surface area (Å²) in [7, 11) is 4.70. The summed E-state index contributed by atoms with van der Waals surface area (Å²) in [6.45, 7) is 2.26. The maximum absolute atomic E-state index is 12.1. The zero-order valence-corrected chi connectivity index (χ0v) is 13.6. The van der Waals surface area contributed by atoms with Crippen molar-refractivity contribution in [3.8, 4) is 22.8 Å². The molecule has 7 heteroatoms. The first-order valence-electron chi connectivity index (χ1n) is 7.08. The Labute approximate surface area is 134 Å². The van der Waals surface area contributed by atoms with Gasteiger partial charge in [-0.2, -0.15) is 0 Å². The van der Waals surface area contributed by atoms with Crippen molar-refractivity contribution in [3.05, 3.63) is 30.0 Å². The van der Waals surface area contributed by atoms with Crippen molar-refractivity contribution in [2.75, 3.05) is 27.9 Å². The Morgan fingerprint density at radius 1 is 1.26 bits per heavy atom. The molecule has 0 bridgehead atoms. The van der Waals surface area contributed by atoms with Gasteiger partial charge in [-0.15, -0.1) is 0 Å². The highest BCUT2D eigenvalue weighted by molar-refractivity contribution is 5.93. The molecule has 7 nitrogen and oxygen atoms in total. The lowest BCUT2D eigenvalue weighted by Crippen LogP contribution is -2.35. The van der Waals surface area contributed by atoms with E-state index in [0.29, 0.717) is 29.4 Å². The van der Waals surface area contributed by atoms with Crippen LogP contribution in [-0.2, 0) is 4.74 Å². The van der Waals surface area contributed by atoms with E-state index >= 15 is 0 Å². The highest BCUT2D eigenvalue weighted by atomic mass is 16.5. The van der Waals surface area contributed by atoms with Gasteiger partial charge in [-0.05, 0) is 25.1 Å². The van der Waals surface area contributed by atoms with Gasteiger partial charge in [0.2, 0.25) is 0 Å². The number of hydrogen-bond acceptors (Lipinski definition) is 6. The molecule has 1 atom stereocenters. The number of rotatable bonds is 7. The maximum atomic E-state index is 12.1. The third kappa shape index (κ3) is 4.01. The fourth-order valence-corrected chi connectivity index (χ4v) is 2.11. The average molecular weight is 320 g/mol. The Balaban J connectivity index is 2.23. The van der Waals surface area contributed by atoms with E-state index in [2.05, 4.69) is 10.5 Å². The van der Waals surface area contributed by atoms with Crippen LogP contribution in [0.5, 0.6) is 11.5 Å².